The van der Waals surface area contributed by atoms with Gasteiger partial charge in [-0.15, -0.1) is 0 Å². The van der Waals surface area contributed by atoms with Crippen LogP contribution in [-0.4, -0.2) is 9.97 Å². The Labute approximate surface area is 70.9 Å². The summed E-state index contributed by atoms with van der Waals surface area (Å²) in [4.78, 5) is 8.24. The molecule has 2 heteroatoms. The van der Waals surface area contributed by atoms with E-state index in [2.05, 4.69) is 16.0 Å². The van der Waals surface area contributed by atoms with Crippen LogP contribution in [0, 0.1) is 6.07 Å². The first-order valence-corrected chi connectivity index (χ1v) is 3.70. The summed E-state index contributed by atoms with van der Waals surface area (Å²) >= 11 is 0. The number of rotatable bonds is 1. The highest BCUT2D eigenvalue weighted by Gasteiger charge is 1.95. The Bertz CT molecular complexity index is 305. The first kappa shape index (κ1) is 6.98. The zero-order chi connectivity index (χ0) is 8.23. The van der Waals surface area contributed by atoms with Crippen molar-refractivity contribution in [3.63, 3.8) is 0 Å². The maximum Gasteiger partial charge on any atom is 0.159 e. The Morgan fingerprint density at radius 1 is 1.08 bits per heavy atom. The fourth-order valence-electron chi connectivity index (χ4n) is 0.981. The second kappa shape index (κ2) is 3.13. The summed E-state index contributed by atoms with van der Waals surface area (Å²) in [5.41, 5.74) is 0.998. The van der Waals surface area contributed by atoms with Crippen LogP contribution in [-0.2, 0) is 0 Å². The van der Waals surface area contributed by atoms with Gasteiger partial charge in [-0.05, 0) is 18.2 Å². The molecule has 0 fully saturated rings. The molecule has 0 aliphatic rings. The molecule has 57 valence electrons. The van der Waals surface area contributed by atoms with E-state index in [1.807, 2.05) is 24.3 Å². The van der Waals surface area contributed by atoms with Gasteiger partial charge in [-0.1, -0.05) is 18.2 Å². The Hall–Kier alpha value is -1.70. The molecule has 1 aromatic heterocycles. The lowest BCUT2D eigenvalue weighted by atomic mass is 10.2. The number of aromatic nitrogens is 2. The molecule has 0 aliphatic carbocycles. The molecule has 0 saturated heterocycles. The van der Waals surface area contributed by atoms with Crippen LogP contribution in [0.1, 0.15) is 0 Å². The van der Waals surface area contributed by atoms with E-state index in [-0.39, 0.29) is 0 Å². The highest BCUT2D eigenvalue weighted by Crippen LogP contribution is 2.10. The van der Waals surface area contributed by atoms with Crippen molar-refractivity contribution in [2.45, 2.75) is 0 Å². The van der Waals surface area contributed by atoms with Gasteiger partial charge in [-0.2, -0.15) is 0 Å². The molecule has 2 rings (SSSR count). The van der Waals surface area contributed by atoms with Crippen LogP contribution in [0.4, 0.5) is 0 Å². The highest BCUT2D eigenvalue weighted by molar-refractivity contribution is 5.53. The summed E-state index contributed by atoms with van der Waals surface area (Å²) < 4.78 is 0. The van der Waals surface area contributed by atoms with Crippen LogP contribution in [0.3, 0.4) is 0 Å². The summed E-state index contributed by atoms with van der Waals surface area (Å²) in [7, 11) is 0. The lowest BCUT2D eigenvalue weighted by Crippen LogP contribution is -1.85. The summed E-state index contributed by atoms with van der Waals surface area (Å²) in [5, 5.41) is 0. The van der Waals surface area contributed by atoms with Crippen LogP contribution >= 0.6 is 0 Å². The summed E-state index contributed by atoms with van der Waals surface area (Å²) in [6, 6.07) is 12.4. The van der Waals surface area contributed by atoms with Crippen molar-refractivity contribution in [2.75, 3.05) is 0 Å². The van der Waals surface area contributed by atoms with Gasteiger partial charge in [-0.3, -0.25) is 0 Å². The zero-order valence-electron chi connectivity index (χ0n) is 6.44. The quantitative estimate of drug-likeness (QED) is 0.629. The highest BCUT2D eigenvalue weighted by atomic mass is 14.8. The van der Waals surface area contributed by atoms with Crippen molar-refractivity contribution < 1.29 is 0 Å². The molecule has 1 radical (unpaired) electrons. The van der Waals surface area contributed by atoms with E-state index in [1.165, 1.54) is 0 Å². The van der Waals surface area contributed by atoms with Crippen molar-refractivity contribution in [1.29, 1.82) is 0 Å². The molecule has 0 bridgehead atoms. The average molecular weight is 155 g/mol. The Balaban J connectivity index is 2.46. The van der Waals surface area contributed by atoms with Gasteiger partial charge < -0.3 is 0 Å². The third kappa shape index (κ3) is 1.32. The number of hydrogen-bond donors (Lipinski definition) is 0. The second-order valence-electron chi connectivity index (χ2n) is 2.36. The van der Waals surface area contributed by atoms with Gasteiger partial charge in [0, 0.05) is 18.0 Å². The third-order valence-corrected chi connectivity index (χ3v) is 1.53. The minimum Gasteiger partial charge on any atom is -0.237 e. The standard InChI is InChI=1S/C10H7N2/c1-2-5-9(6-3-1)10-11-7-4-8-12-10/h1-2,4-8H. The van der Waals surface area contributed by atoms with E-state index >= 15 is 0 Å². The molecule has 0 spiro atoms. The van der Waals surface area contributed by atoms with E-state index in [1.54, 1.807) is 18.5 Å². The first-order valence-electron chi connectivity index (χ1n) is 3.70. The van der Waals surface area contributed by atoms with E-state index in [4.69, 9.17) is 0 Å². The van der Waals surface area contributed by atoms with Crippen LogP contribution in [0.5, 0.6) is 0 Å². The van der Waals surface area contributed by atoms with Crippen molar-refractivity contribution in [3.8, 4) is 11.4 Å². The maximum atomic E-state index is 4.12. The van der Waals surface area contributed by atoms with E-state index in [0.29, 0.717) is 0 Å². The van der Waals surface area contributed by atoms with Crippen molar-refractivity contribution in [2.24, 2.45) is 0 Å². The number of hydrogen-bond acceptors (Lipinski definition) is 2. The van der Waals surface area contributed by atoms with Gasteiger partial charge in [-0.25, -0.2) is 9.97 Å². The van der Waals surface area contributed by atoms with E-state index < -0.39 is 0 Å². The molecule has 1 aromatic carbocycles. The number of benzene rings is 1. The fourth-order valence-corrected chi connectivity index (χ4v) is 0.981. The van der Waals surface area contributed by atoms with Crippen LogP contribution in [0.15, 0.2) is 42.7 Å². The topological polar surface area (TPSA) is 25.8 Å². The Morgan fingerprint density at radius 2 is 1.92 bits per heavy atom. The maximum absolute atomic E-state index is 4.12. The average Bonchev–Trinajstić information content (AvgIpc) is 2.21. The van der Waals surface area contributed by atoms with Gasteiger partial charge in [0.25, 0.3) is 0 Å². The fraction of sp³-hybridized carbons (Fsp3) is 0. The molecule has 0 unspecified atom stereocenters. The minimum atomic E-state index is 0.745. The van der Waals surface area contributed by atoms with Gasteiger partial charge in [0.15, 0.2) is 5.82 Å². The molecule has 0 amide bonds. The predicted molar refractivity (Wildman–Crippen MR) is 46.3 cm³/mol. The molecule has 2 aromatic rings. The molecular weight excluding hydrogens is 148 g/mol. The summed E-state index contributed by atoms with van der Waals surface area (Å²) in [6.45, 7) is 0. The van der Waals surface area contributed by atoms with E-state index in [9.17, 15) is 0 Å². The lowest BCUT2D eigenvalue weighted by molar-refractivity contribution is 1.18. The van der Waals surface area contributed by atoms with Crippen LogP contribution < -0.4 is 0 Å². The van der Waals surface area contributed by atoms with Gasteiger partial charge >= 0.3 is 0 Å². The molecule has 0 N–H and O–H groups in total. The molecule has 2 nitrogen and oxygen atoms in total. The number of nitrogens with zero attached hydrogens (tertiary/aromatic N) is 2. The third-order valence-electron chi connectivity index (χ3n) is 1.53. The normalized spacial score (nSPS) is 9.67. The molecule has 1 heterocycles. The van der Waals surface area contributed by atoms with Crippen molar-refractivity contribution >= 4 is 0 Å². The predicted octanol–water partition coefficient (Wildman–Crippen LogP) is 1.94. The summed E-state index contributed by atoms with van der Waals surface area (Å²) in [5.74, 6) is 0.745. The lowest BCUT2D eigenvalue weighted by Gasteiger charge is -1.95. The smallest absolute Gasteiger partial charge is 0.159 e. The van der Waals surface area contributed by atoms with Gasteiger partial charge in [0.1, 0.15) is 0 Å². The first-order chi connectivity index (χ1) is 5.97. The van der Waals surface area contributed by atoms with Crippen LogP contribution in [0.25, 0.3) is 11.4 Å². The monoisotopic (exact) mass is 155 g/mol. The zero-order valence-corrected chi connectivity index (χ0v) is 6.44. The van der Waals surface area contributed by atoms with Crippen molar-refractivity contribution in [3.05, 3.63) is 48.8 Å². The largest absolute Gasteiger partial charge is 0.237 e. The minimum absolute atomic E-state index is 0.745. The molecule has 0 aliphatic heterocycles. The van der Waals surface area contributed by atoms with Gasteiger partial charge in [0.2, 0.25) is 0 Å². The molecule has 0 atom stereocenters. The molecule has 0 saturated carbocycles. The Kier molecular flexibility index (Phi) is 1.82. The Morgan fingerprint density at radius 3 is 2.58 bits per heavy atom. The van der Waals surface area contributed by atoms with Crippen LogP contribution in [0.2, 0.25) is 0 Å². The van der Waals surface area contributed by atoms with Gasteiger partial charge in [0.05, 0.1) is 0 Å². The summed E-state index contributed by atoms with van der Waals surface area (Å²) in [6.07, 6.45) is 3.46. The van der Waals surface area contributed by atoms with E-state index in [0.717, 1.165) is 11.4 Å². The SMILES string of the molecule is [c]1cccc(-c2ncccn2)c1. The van der Waals surface area contributed by atoms with Crippen molar-refractivity contribution in [1.82, 2.24) is 9.97 Å². The molecular formula is C10H7N2. The second-order valence-corrected chi connectivity index (χ2v) is 2.36. The molecule has 12 heavy (non-hydrogen) atoms.